The lowest BCUT2D eigenvalue weighted by atomic mass is 9.96. The number of nitrogens with one attached hydrogen (secondary N) is 1. The molecule has 0 aliphatic carbocycles. The zero-order chi connectivity index (χ0) is 18.7. The maximum Gasteiger partial charge on any atom is 0.178 e. The SMILES string of the molecule is CCCOc1ccc(CNc2ccc3nnc(C(C)(C)C)n3n2)c(C)c1. The van der Waals surface area contributed by atoms with Crippen molar-refractivity contribution in [3.63, 3.8) is 0 Å². The largest absolute Gasteiger partial charge is 0.494 e. The van der Waals surface area contributed by atoms with Crippen molar-refractivity contribution in [2.24, 2.45) is 0 Å². The van der Waals surface area contributed by atoms with Crippen molar-refractivity contribution in [3.05, 3.63) is 47.3 Å². The van der Waals surface area contributed by atoms with Gasteiger partial charge in [0.05, 0.1) is 6.61 Å². The molecule has 0 fully saturated rings. The first-order valence-corrected chi connectivity index (χ1v) is 9.07. The van der Waals surface area contributed by atoms with Gasteiger partial charge < -0.3 is 10.1 Å². The molecule has 6 heteroatoms. The van der Waals surface area contributed by atoms with Crippen LogP contribution in [0.3, 0.4) is 0 Å². The van der Waals surface area contributed by atoms with Crippen LogP contribution in [0.15, 0.2) is 30.3 Å². The van der Waals surface area contributed by atoms with Crippen LogP contribution in [-0.4, -0.2) is 26.4 Å². The zero-order valence-electron chi connectivity index (χ0n) is 16.2. The first kappa shape index (κ1) is 18.2. The first-order chi connectivity index (χ1) is 12.4. The van der Waals surface area contributed by atoms with E-state index in [1.165, 1.54) is 11.1 Å². The van der Waals surface area contributed by atoms with Crippen molar-refractivity contribution >= 4 is 11.5 Å². The highest BCUT2D eigenvalue weighted by atomic mass is 16.5. The summed E-state index contributed by atoms with van der Waals surface area (Å²) >= 11 is 0. The van der Waals surface area contributed by atoms with Crippen molar-refractivity contribution < 1.29 is 4.74 Å². The molecule has 2 aromatic heterocycles. The summed E-state index contributed by atoms with van der Waals surface area (Å²) in [6, 6.07) is 10.1. The lowest BCUT2D eigenvalue weighted by Gasteiger charge is -2.15. The monoisotopic (exact) mass is 353 g/mol. The molecule has 3 rings (SSSR count). The highest BCUT2D eigenvalue weighted by Crippen LogP contribution is 2.21. The highest BCUT2D eigenvalue weighted by Gasteiger charge is 2.21. The van der Waals surface area contributed by atoms with Crippen LogP contribution in [0.1, 0.15) is 51.1 Å². The van der Waals surface area contributed by atoms with E-state index in [0.717, 1.165) is 36.1 Å². The van der Waals surface area contributed by atoms with E-state index in [-0.39, 0.29) is 5.41 Å². The second kappa shape index (κ2) is 7.32. The van der Waals surface area contributed by atoms with Crippen LogP contribution in [0.2, 0.25) is 0 Å². The van der Waals surface area contributed by atoms with Crippen LogP contribution in [0.5, 0.6) is 5.75 Å². The fourth-order valence-corrected chi connectivity index (χ4v) is 2.71. The van der Waals surface area contributed by atoms with Crippen LogP contribution < -0.4 is 10.1 Å². The van der Waals surface area contributed by atoms with Gasteiger partial charge in [-0.25, -0.2) is 0 Å². The Morgan fingerprint density at radius 3 is 2.62 bits per heavy atom. The van der Waals surface area contributed by atoms with Crippen molar-refractivity contribution in [1.82, 2.24) is 19.8 Å². The number of anilines is 1. The van der Waals surface area contributed by atoms with Crippen molar-refractivity contribution in [3.8, 4) is 5.75 Å². The molecule has 0 amide bonds. The molecule has 3 aromatic rings. The quantitative estimate of drug-likeness (QED) is 0.722. The predicted molar refractivity (Wildman–Crippen MR) is 104 cm³/mol. The number of aromatic nitrogens is 4. The minimum Gasteiger partial charge on any atom is -0.494 e. The Bertz CT molecular complexity index is 895. The summed E-state index contributed by atoms with van der Waals surface area (Å²) in [5.74, 6) is 2.57. The van der Waals surface area contributed by atoms with E-state index < -0.39 is 0 Å². The third-order valence-electron chi connectivity index (χ3n) is 4.18. The lowest BCUT2D eigenvalue weighted by molar-refractivity contribution is 0.317. The molecule has 0 atom stereocenters. The number of benzene rings is 1. The van der Waals surface area contributed by atoms with E-state index in [2.05, 4.69) is 67.4 Å². The van der Waals surface area contributed by atoms with Crippen LogP contribution in [0.25, 0.3) is 5.65 Å². The van der Waals surface area contributed by atoms with Gasteiger partial charge in [-0.1, -0.05) is 33.8 Å². The Kier molecular flexibility index (Phi) is 5.11. The maximum absolute atomic E-state index is 5.69. The molecule has 0 spiro atoms. The molecule has 0 saturated carbocycles. The van der Waals surface area contributed by atoms with Gasteiger partial charge in [-0.2, -0.15) is 4.52 Å². The van der Waals surface area contributed by atoms with Crippen molar-refractivity contribution in [1.29, 1.82) is 0 Å². The number of ether oxygens (including phenoxy) is 1. The number of hydrogen-bond donors (Lipinski definition) is 1. The van der Waals surface area contributed by atoms with E-state index in [1.54, 1.807) is 0 Å². The van der Waals surface area contributed by atoms with Gasteiger partial charge in [0, 0.05) is 12.0 Å². The Morgan fingerprint density at radius 2 is 1.92 bits per heavy atom. The van der Waals surface area contributed by atoms with Gasteiger partial charge >= 0.3 is 0 Å². The summed E-state index contributed by atoms with van der Waals surface area (Å²) < 4.78 is 7.50. The second-order valence-corrected chi connectivity index (χ2v) is 7.55. The third-order valence-corrected chi connectivity index (χ3v) is 4.18. The van der Waals surface area contributed by atoms with E-state index in [9.17, 15) is 0 Å². The van der Waals surface area contributed by atoms with Crippen LogP contribution in [-0.2, 0) is 12.0 Å². The molecule has 0 bridgehead atoms. The number of nitrogens with zero attached hydrogens (tertiary/aromatic N) is 4. The molecular formula is C20H27N5O. The van der Waals surface area contributed by atoms with Gasteiger partial charge in [-0.3, -0.25) is 0 Å². The standard InChI is InChI=1S/C20H27N5O/c1-6-11-26-16-8-7-15(14(2)12-16)13-21-17-9-10-18-22-23-19(20(3,4)5)25(18)24-17/h7-10,12H,6,11,13H2,1-5H3,(H,21,24). The Labute approximate surface area is 154 Å². The molecule has 0 saturated heterocycles. The Hall–Kier alpha value is -2.63. The van der Waals surface area contributed by atoms with Crippen LogP contribution >= 0.6 is 0 Å². The second-order valence-electron chi connectivity index (χ2n) is 7.55. The Balaban J connectivity index is 1.75. The highest BCUT2D eigenvalue weighted by molar-refractivity contribution is 5.45. The van der Waals surface area contributed by atoms with E-state index in [1.807, 2.05) is 22.7 Å². The van der Waals surface area contributed by atoms with E-state index in [0.29, 0.717) is 6.54 Å². The molecule has 0 aliphatic heterocycles. The average molecular weight is 353 g/mol. The molecular weight excluding hydrogens is 326 g/mol. The van der Waals surface area contributed by atoms with Gasteiger partial charge in [-0.15, -0.1) is 15.3 Å². The summed E-state index contributed by atoms with van der Waals surface area (Å²) in [5.41, 5.74) is 3.06. The molecule has 26 heavy (non-hydrogen) atoms. The van der Waals surface area contributed by atoms with Crippen LogP contribution in [0.4, 0.5) is 5.82 Å². The molecule has 0 unspecified atom stereocenters. The van der Waals surface area contributed by atoms with Gasteiger partial charge in [0.2, 0.25) is 0 Å². The first-order valence-electron chi connectivity index (χ1n) is 9.07. The molecule has 138 valence electrons. The normalized spacial score (nSPS) is 11.7. The lowest BCUT2D eigenvalue weighted by Crippen LogP contribution is -2.17. The van der Waals surface area contributed by atoms with Gasteiger partial charge in [0.25, 0.3) is 0 Å². The molecule has 6 nitrogen and oxygen atoms in total. The topological polar surface area (TPSA) is 64.3 Å². The van der Waals surface area contributed by atoms with E-state index >= 15 is 0 Å². The number of fused-ring (bicyclic) bond motifs is 1. The smallest absolute Gasteiger partial charge is 0.178 e. The van der Waals surface area contributed by atoms with E-state index in [4.69, 9.17) is 4.74 Å². The van der Waals surface area contributed by atoms with Gasteiger partial charge in [0.1, 0.15) is 11.6 Å². The number of aryl methyl sites for hydroxylation is 1. The summed E-state index contributed by atoms with van der Waals surface area (Å²) in [6.07, 6.45) is 1.01. The van der Waals surface area contributed by atoms with Gasteiger partial charge in [0.15, 0.2) is 11.5 Å². The summed E-state index contributed by atoms with van der Waals surface area (Å²) in [7, 11) is 0. The summed E-state index contributed by atoms with van der Waals surface area (Å²) in [6.45, 7) is 12.0. The molecule has 0 aliphatic rings. The third kappa shape index (κ3) is 3.95. The van der Waals surface area contributed by atoms with Crippen LogP contribution in [0, 0.1) is 6.92 Å². The van der Waals surface area contributed by atoms with Crippen molar-refractivity contribution in [2.75, 3.05) is 11.9 Å². The Morgan fingerprint density at radius 1 is 1.12 bits per heavy atom. The summed E-state index contributed by atoms with van der Waals surface area (Å²) in [4.78, 5) is 0. The predicted octanol–water partition coefficient (Wildman–Crippen LogP) is 4.13. The number of hydrogen-bond acceptors (Lipinski definition) is 5. The maximum atomic E-state index is 5.69. The average Bonchev–Trinajstić information content (AvgIpc) is 3.02. The minimum absolute atomic E-state index is 0.115. The zero-order valence-corrected chi connectivity index (χ0v) is 16.2. The minimum atomic E-state index is -0.115. The molecule has 1 N–H and O–H groups in total. The van der Waals surface area contributed by atoms with Gasteiger partial charge in [-0.05, 0) is 48.7 Å². The molecule has 0 radical (unpaired) electrons. The number of rotatable bonds is 6. The fourth-order valence-electron chi connectivity index (χ4n) is 2.71. The molecule has 2 heterocycles. The fraction of sp³-hybridized carbons (Fsp3) is 0.450. The van der Waals surface area contributed by atoms with Crippen molar-refractivity contribution in [2.45, 2.75) is 53.0 Å². The summed E-state index contributed by atoms with van der Waals surface area (Å²) in [5, 5.41) is 16.5. The molecule has 1 aromatic carbocycles.